The zero-order valence-electron chi connectivity index (χ0n) is 18.9. The smallest absolute Gasteiger partial charge is 0.332 e. The number of hydrogen-bond acceptors (Lipinski definition) is 6. The Labute approximate surface area is 189 Å². The predicted molar refractivity (Wildman–Crippen MR) is 127 cm³/mol. The van der Waals surface area contributed by atoms with Gasteiger partial charge >= 0.3 is 5.97 Å². The van der Waals surface area contributed by atoms with Crippen LogP contribution in [0.5, 0.6) is 0 Å². The molecule has 170 valence electrons. The molecular weight excluding hydrogens is 404 g/mol. The number of nitrogens with zero attached hydrogens (tertiary/aromatic N) is 3. The van der Waals surface area contributed by atoms with E-state index in [0.717, 1.165) is 38.5 Å². The number of hydrogen-bond donors (Lipinski definition) is 1. The normalized spacial score (nSPS) is 17.4. The summed E-state index contributed by atoms with van der Waals surface area (Å²) in [6.45, 7) is 5.93. The maximum absolute atomic E-state index is 13.1. The predicted octanol–water partition coefficient (Wildman–Crippen LogP) is 3.33. The summed E-state index contributed by atoms with van der Waals surface area (Å²) in [6, 6.07) is 17.8. The first kappa shape index (κ1) is 22.1. The van der Waals surface area contributed by atoms with Crippen LogP contribution in [0.3, 0.4) is 0 Å². The molecule has 4 rings (SSSR count). The minimum Gasteiger partial charge on any atom is -0.467 e. The van der Waals surface area contributed by atoms with Crippen molar-refractivity contribution in [2.75, 3.05) is 55.1 Å². The van der Waals surface area contributed by atoms with E-state index in [1.165, 1.54) is 18.5 Å². The number of piperidine rings is 1. The molecule has 7 heteroatoms. The van der Waals surface area contributed by atoms with E-state index in [1.54, 1.807) is 4.90 Å². The van der Waals surface area contributed by atoms with Crippen LogP contribution in [-0.4, -0.2) is 62.3 Å². The van der Waals surface area contributed by atoms with Crippen LogP contribution in [0.15, 0.2) is 54.6 Å². The van der Waals surface area contributed by atoms with E-state index in [1.807, 2.05) is 43.3 Å². The Morgan fingerprint density at radius 1 is 1.03 bits per heavy atom. The fourth-order valence-electron chi connectivity index (χ4n) is 4.85. The average molecular weight is 437 g/mol. The topological polar surface area (TPSA) is 65.1 Å². The number of anilines is 3. The zero-order valence-corrected chi connectivity index (χ0v) is 18.9. The van der Waals surface area contributed by atoms with Gasteiger partial charge in [-0.2, -0.15) is 0 Å². The Balaban J connectivity index is 1.47. The second-order valence-electron chi connectivity index (χ2n) is 8.40. The maximum Gasteiger partial charge on any atom is 0.332 e. The first-order chi connectivity index (χ1) is 15.6. The monoisotopic (exact) mass is 436 g/mol. The number of benzene rings is 2. The summed E-state index contributed by atoms with van der Waals surface area (Å²) in [6.07, 6.45) is 1.43. The van der Waals surface area contributed by atoms with Crippen LogP contribution in [0, 0.1) is 0 Å². The third-order valence-corrected chi connectivity index (χ3v) is 6.63. The van der Waals surface area contributed by atoms with Crippen molar-refractivity contribution in [3.63, 3.8) is 0 Å². The molecule has 2 aliphatic heterocycles. The van der Waals surface area contributed by atoms with Crippen LogP contribution in [0.1, 0.15) is 26.2 Å². The van der Waals surface area contributed by atoms with E-state index in [-0.39, 0.29) is 11.9 Å². The molecule has 7 nitrogen and oxygen atoms in total. The van der Waals surface area contributed by atoms with Crippen molar-refractivity contribution in [1.82, 2.24) is 4.90 Å². The van der Waals surface area contributed by atoms with Crippen molar-refractivity contribution < 1.29 is 14.3 Å². The van der Waals surface area contributed by atoms with Crippen LogP contribution in [0.25, 0.3) is 0 Å². The molecule has 1 N–H and O–H groups in total. The van der Waals surface area contributed by atoms with Gasteiger partial charge < -0.3 is 19.9 Å². The molecule has 0 unspecified atom stereocenters. The average Bonchev–Trinajstić information content (AvgIpc) is 3.26. The van der Waals surface area contributed by atoms with Crippen molar-refractivity contribution in [3.05, 3.63) is 54.6 Å². The van der Waals surface area contributed by atoms with Crippen LogP contribution in [-0.2, 0) is 14.3 Å². The van der Waals surface area contributed by atoms with Crippen LogP contribution in [0.4, 0.5) is 17.1 Å². The first-order valence-electron chi connectivity index (χ1n) is 11.4. The van der Waals surface area contributed by atoms with Gasteiger partial charge in [0.05, 0.1) is 25.2 Å². The molecule has 0 atom stereocenters. The summed E-state index contributed by atoms with van der Waals surface area (Å²) in [5.74, 6) is -0.393. The Morgan fingerprint density at radius 3 is 2.41 bits per heavy atom. The van der Waals surface area contributed by atoms with E-state index in [9.17, 15) is 9.59 Å². The molecule has 32 heavy (non-hydrogen) atoms. The van der Waals surface area contributed by atoms with Gasteiger partial charge in [-0.25, -0.2) is 4.79 Å². The third kappa shape index (κ3) is 4.17. The first-order valence-corrected chi connectivity index (χ1v) is 11.4. The van der Waals surface area contributed by atoms with Gasteiger partial charge in [-0.3, -0.25) is 9.69 Å². The van der Waals surface area contributed by atoms with E-state index >= 15 is 0 Å². The lowest BCUT2D eigenvalue weighted by Crippen LogP contribution is -2.63. The largest absolute Gasteiger partial charge is 0.467 e. The van der Waals surface area contributed by atoms with Crippen LogP contribution in [0.2, 0.25) is 0 Å². The highest BCUT2D eigenvalue weighted by atomic mass is 16.5. The lowest BCUT2D eigenvalue weighted by Gasteiger charge is -2.46. The molecule has 2 aromatic rings. The highest BCUT2D eigenvalue weighted by molar-refractivity contribution is 6.02. The Hall–Kier alpha value is -3.06. The summed E-state index contributed by atoms with van der Waals surface area (Å²) < 4.78 is 5.24. The summed E-state index contributed by atoms with van der Waals surface area (Å²) in [5.41, 5.74) is 2.18. The van der Waals surface area contributed by atoms with Gasteiger partial charge in [-0.1, -0.05) is 37.3 Å². The molecule has 1 fully saturated rings. The maximum atomic E-state index is 13.1. The van der Waals surface area contributed by atoms with Crippen molar-refractivity contribution in [3.8, 4) is 0 Å². The minimum absolute atomic E-state index is 0.0604. The number of nitrogens with one attached hydrogen (secondary N) is 1. The van der Waals surface area contributed by atoms with Gasteiger partial charge in [-0.15, -0.1) is 0 Å². The van der Waals surface area contributed by atoms with Crippen molar-refractivity contribution >= 4 is 28.9 Å². The lowest BCUT2D eigenvalue weighted by atomic mass is 9.84. The van der Waals surface area contributed by atoms with Gasteiger partial charge in [0.25, 0.3) is 0 Å². The fourth-order valence-corrected chi connectivity index (χ4v) is 4.85. The summed E-state index contributed by atoms with van der Waals surface area (Å²) in [7, 11) is 1.41. The number of carbonyl (C=O) groups is 2. The van der Waals surface area contributed by atoms with Gasteiger partial charge in [0, 0.05) is 38.3 Å². The van der Waals surface area contributed by atoms with Gasteiger partial charge in [0.1, 0.15) is 5.54 Å². The fraction of sp³-hybridized carbons (Fsp3) is 0.440. The molecule has 2 heterocycles. The molecule has 0 aliphatic carbocycles. The van der Waals surface area contributed by atoms with Gasteiger partial charge in [-0.05, 0) is 37.1 Å². The van der Waals surface area contributed by atoms with E-state index in [2.05, 4.69) is 33.3 Å². The molecule has 1 amide bonds. The number of amides is 1. The Morgan fingerprint density at radius 2 is 1.72 bits per heavy atom. The second kappa shape index (κ2) is 9.61. The number of fused-ring (bicyclic) bond motifs is 1. The number of carbonyl (C=O) groups excluding carboxylic acids is 2. The Kier molecular flexibility index (Phi) is 6.65. The minimum atomic E-state index is -0.971. The number of methoxy groups -OCH3 is 1. The third-order valence-electron chi connectivity index (χ3n) is 6.63. The van der Waals surface area contributed by atoms with Gasteiger partial charge in [0.2, 0.25) is 5.91 Å². The standard InChI is InChI=1S/C25H32N4O3/c1-3-23(30)29(20-9-5-4-6-10-20)25(24(31)32-2)13-15-27(16-14-25)17-18-28-19-26-21-11-7-8-12-22(21)28/h4-12,26H,3,13-19H2,1-2H3. The summed E-state index contributed by atoms with van der Waals surface area (Å²) in [4.78, 5) is 32.5. The molecule has 0 saturated carbocycles. The number of esters is 1. The van der Waals surface area contributed by atoms with Crippen molar-refractivity contribution in [1.29, 1.82) is 0 Å². The molecular formula is C25H32N4O3. The highest BCUT2D eigenvalue weighted by Crippen LogP contribution is 2.36. The number of likely N-dealkylation sites (tertiary alicyclic amines) is 1. The molecule has 0 bridgehead atoms. The molecule has 0 aromatic heterocycles. The van der Waals surface area contributed by atoms with E-state index in [4.69, 9.17) is 4.74 Å². The SMILES string of the molecule is CCC(=O)N(c1ccccc1)C1(C(=O)OC)CCN(CCN2CNc3ccccc32)CC1. The molecule has 0 spiro atoms. The molecule has 0 radical (unpaired) electrons. The van der Waals surface area contributed by atoms with E-state index in [0.29, 0.717) is 19.3 Å². The summed E-state index contributed by atoms with van der Waals surface area (Å²) in [5, 5.41) is 3.43. The molecule has 2 aliphatic rings. The van der Waals surface area contributed by atoms with Crippen molar-refractivity contribution in [2.24, 2.45) is 0 Å². The van der Waals surface area contributed by atoms with Gasteiger partial charge in [0.15, 0.2) is 0 Å². The quantitative estimate of drug-likeness (QED) is 0.672. The number of para-hydroxylation sites is 3. The number of ether oxygens (including phenoxy) is 1. The lowest BCUT2D eigenvalue weighted by molar-refractivity contribution is -0.150. The second-order valence-corrected chi connectivity index (χ2v) is 8.40. The molecule has 1 saturated heterocycles. The summed E-state index contributed by atoms with van der Waals surface area (Å²) >= 11 is 0. The zero-order chi connectivity index (χ0) is 22.6. The molecule has 2 aromatic carbocycles. The Bertz CT molecular complexity index is 941. The highest BCUT2D eigenvalue weighted by Gasteiger charge is 2.49. The van der Waals surface area contributed by atoms with E-state index < -0.39 is 5.54 Å². The van der Waals surface area contributed by atoms with Crippen LogP contribution >= 0.6 is 0 Å². The van der Waals surface area contributed by atoms with Crippen LogP contribution < -0.4 is 15.1 Å². The number of rotatable bonds is 7. The van der Waals surface area contributed by atoms with Crippen molar-refractivity contribution in [2.45, 2.75) is 31.7 Å².